The number of hydrogen-bond donors (Lipinski definition) is 0. The van der Waals surface area contributed by atoms with E-state index in [-0.39, 0.29) is 153 Å². The van der Waals surface area contributed by atoms with E-state index in [0.29, 0.717) is 33.4 Å². The number of para-hydroxylation sites is 3. The van der Waals surface area contributed by atoms with Crippen molar-refractivity contribution in [2.45, 2.75) is 33.1 Å². The van der Waals surface area contributed by atoms with Crippen LogP contribution in [0.2, 0.25) is 0 Å². The molecule has 0 fully saturated rings. The third-order valence-corrected chi connectivity index (χ3v) is 13.9. The van der Waals surface area contributed by atoms with Crippen LogP contribution in [0.4, 0.5) is 0 Å². The van der Waals surface area contributed by atoms with Crippen molar-refractivity contribution < 1.29 is 164 Å². The fourth-order valence-corrected chi connectivity index (χ4v) is 9.30. The summed E-state index contributed by atoms with van der Waals surface area (Å²) in [6.07, 6.45) is 12.0. The van der Waals surface area contributed by atoms with Crippen LogP contribution in [0, 0.1) is 6.92 Å². The summed E-state index contributed by atoms with van der Waals surface area (Å²) in [5.41, 5.74) is 11.0. The zero-order valence-electron chi connectivity index (χ0n) is 54.3. The van der Waals surface area contributed by atoms with Crippen molar-refractivity contribution in [1.82, 2.24) is 15.0 Å². The quantitative estimate of drug-likeness (QED) is 0.149. The zero-order chi connectivity index (χ0) is 61.1. The van der Waals surface area contributed by atoms with Crippen LogP contribution in [0.3, 0.4) is 0 Å². The molecule has 0 saturated heterocycles. The molecular formula is C74H61Li6N7O6+2. The normalized spacial score (nSPS) is 9.89. The number of nitrogens with one attached hydrogen (secondary N) is 4. The van der Waals surface area contributed by atoms with Crippen LogP contribution in [0.1, 0.15) is 31.9 Å². The van der Waals surface area contributed by atoms with Gasteiger partial charge in [0.15, 0.2) is 24.8 Å². The summed E-state index contributed by atoms with van der Waals surface area (Å²) in [5.74, 6) is 0.245. The Kier molecular flexibility index (Phi) is 33.1. The summed E-state index contributed by atoms with van der Waals surface area (Å²) in [6.45, 7) is 8.31. The van der Waals surface area contributed by atoms with E-state index in [1.807, 2.05) is 189 Å². The summed E-state index contributed by atoms with van der Waals surface area (Å²) in [7, 11) is 0. The van der Waals surface area contributed by atoms with Crippen LogP contribution in [0.15, 0.2) is 274 Å². The number of aromatic amines is 4. The molecule has 0 spiro atoms. The van der Waals surface area contributed by atoms with Crippen LogP contribution < -0.4 is 174 Å². The fraction of sp³-hybridized carbons (Fsp3) is 0.0676. The van der Waals surface area contributed by atoms with Crippen molar-refractivity contribution in [3.05, 3.63) is 285 Å². The van der Waals surface area contributed by atoms with Gasteiger partial charge in [0.05, 0.1) is 0 Å². The van der Waals surface area contributed by atoms with E-state index in [4.69, 9.17) is 0 Å². The summed E-state index contributed by atoms with van der Waals surface area (Å²) < 4.78 is 0. The fourth-order valence-electron chi connectivity index (χ4n) is 9.30. The minimum Gasteiger partial charge on any atom is -0.872 e. The smallest absolute Gasteiger partial charge is 0.872 e. The van der Waals surface area contributed by atoms with Gasteiger partial charge in [0.2, 0.25) is 22.4 Å². The van der Waals surface area contributed by atoms with Gasteiger partial charge in [-0.1, -0.05) is 208 Å². The van der Waals surface area contributed by atoms with Gasteiger partial charge < -0.3 is 45.6 Å². The Bertz CT molecular complexity index is 4420. The van der Waals surface area contributed by atoms with E-state index in [9.17, 15) is 30.6 Å². The van der Waals surface area contributed by atoms with Crippen LogP contribution in [0.5, 0.6) is 34.5 Å². The Labute approximate surface area is 614 Å². The second-order valence-electron chi connectivity index (χ2n) is 20.9. The first-order valence-corrected chi connectivity index (χ1v) is 28.0. The monoisotopic (exact) mass is 1190 g/mol. The third-order valence-electron chi connectivity index (χ3n) is 13.9. The van der Waals surface area contributed by atoms with Crippen LogP contribution in [-0.4, -0.2) is 4.98 Å². The van der Waals surface area contributed by atoms with E-state index >= 15 is 0 Å². The first-order chi connectivity index (χ1) is 42.2. The molecule has 8 aromatic carbocycles. The number of benzene rings is 8. The Hall–Kier alpha value is -7.99. The number of aromatic nitrogens is 7. The predicted molar refractivity (Wildman–Crippen MR) is 329 cm³/mol. The average Bonchev–Trinajstić information content (AvgIpc) is 1.30. The van der Waals surface area contributed by atoms with Gasteiger partial charge in [-0.2, -0.15) is 6.20 Å². The number of rotatable bonds is 5. The molecule has 14 aromatic rings. The number of hydrogen-bond acceptors (Lipinski definition) is 7. The first kappa shape index (κ1) is 79.3. The van der Waals surface area contributed by atoms with Crippen molar-refractivity contribution in [2.75, 3.05) is 0 Å². The number of fused-ring (bicyclic) bond motifs is 3. The zero-order valence-corrected chi connectivity index (χ0v) is 54.3. The van der Waals surface area contributed by atoms with Crippen LogP contribution in [-0.2, 0) is 5.41 Å². The number of pyridine rings is 4. The topological polar surface area (TPSA) is 236 Å². The van der Waals surface area contributed by atoms with Gasteiger partial charge in [0, 0.05) is 57.8 Å². The third kappa shape index (κ3) is 21.3. The Morgan fingerprint density at radius 1 is 0.376 bits per heavy atom. The standard InChI is InChI=1S/2C15H11NO.C15H17NO.C10H9NO.C10H8NO.C9H7N2O.6Li/c17-14-9-8-11-5-1-2-6-12(11)15(14)13-7-3-4-10-16-13;17-15-13(11-5-2-1-3-6-11)9-8-12-7-4-10-16-14(12)15;1-15(2,3)11-8-9-13(16-10-11)12-6-4-5-7-14(12)17;1-7-4-5-8-3-2-6-11-9(8)10(7)12;12-10-6-2-1-4-8(10)9-5-3-7-11-9;12-9-4-2-1-3-7(9)8-5-10-6-11-8;;;;;;/h2*1-10,17H;4-10,17H,1-3H3;2-6,12H,1H3;1-7,12H;1-6H,(H-,10,11,12);;;;;;/q;;;;2*-1;6*+1/p-2. The molecule has 14 rings (SSSR count). The largest absolute Gasteiger partial charge is 1.00 e. The Morgan fingerprint density at radius 3 is 1.45 bits per heavy atom. The number of aryl methyl sites for hydroxylation is 1. The molecule has 0 unspecified atom stereocenters. The predicted octanol–water partition coefficient (Wildman–Crippen LogP) is -7.45. The molecule has 432 valence electrons. The molecule has 0 aliphatic heterocycles. The molecule has 0 aliphatic carbocycles. The van der Waals surface area contributed by atoms with E-state index in [1.165, 1.54) is 18.0 Å². The van der Waals surface area contributed by atoms with Crippen molar-refractivity contribution >= 4 is 32.6 Å². The minimum atomic E-state index is -0.0157. The molecule has 0 radical (unpaired) electrons. The first-order valence-electron chi connectivity index (χ1n) is 28.0. The van der Waals surface area contributed by atoms with Gasteiger partial charge in [-0.25, -0.2) is 19.9 Å². The molecule has 4 N–H and O–H groups in total. The molecule has 6 aromatic heterocycles. The summed E-state index contributed by atoms with van der Waals surface area (Å²) in [5, 5.41) is 74.0. The van der Waals surface area contributed by atoms with E-state index in [2.05, 4.69) is 61.7 Å². The Balaban J connectivity index is 0.000000289. The molecule has 13 nitrogen and oxygen atoms in total. The molecule has 0 amide bonds. The second-order valence-corrected chi connectivity index (χ2v) is 20.9. The number of nitrogens with zero attached hydrogens (tertiary/aromatic N) is 3. The molecule has 0 saturated carbocycles. The summed E-state index contributed by atoms with van der Waals surface area (Å²) in [4.78, 5) is 24.1. The van der Waals surface area contributed by atoms with Crippen molar-refractivity contribution in [2.24, 2.45) is 0 Å². The average molecular weight is 1190 g/mol. The SMILES string of the molecule is CC(C)(C)c1ccc(-c2ccccc2[O-])[nH+]c1.Cc1ccc2ccc[nH+]c2c1[O-].[Li+].[Li+].[Li+].[Li+].[Li+].[Li+].[O-]c1c(-c2ccccc2)ccc2ccc[nH+]c12.[O-]c1ccc2ccccc2c1-c1cccc[nH+]1.[O-]c1ccccc1-c1ccc[n-]1.[O-]c1ccccc1-c1cnc[n-]1. The maximum absolute atomic E-state index is 12.3. The molecule has 0 bridgehead atoms. The molecule has 0 atom stereocenters. The van der Waals surface area contributed by atoms with Gasteiger partial charge in [0.1, 0.15) is 0 Å². The molecular weight excluding hydrogens is 1120 g/mol. The maximum atomic E-state index is 12.3. The molecule has 93 heavy (non-hydrogen) atoms. The van der Waals surface area contributed by atoms with Crippen LogP contribution >= 0.6 is 0 Å². The van der Waals surface area contributed by atoms with Crippen molar-refractivity contribution in [3.8, 4) is 90.7 Å². The van der Waals surface area contributed by atoms with Gasteiger partial charge in [-0.05, 0) is 105 Å². The van der Waals surface area contributed by atoms with E-state index in [0.717, 1.165) is 60.9 Å². The minimum absolute atomic E-state index is 0. The summed E-state index contributed by atoms with van der Waals surface area (Å²) >= 11 is 0. The van der Waals surface area contributed by atoms with Gasteiger partial charge in [0.25, 0.3) is 0 Å². The molecule has 6 heterocycles. The van der Waals surface area contributed by atoms with E-state index in [1.54, 1.807) is 73.3 Å². The Morgan fingerprint density at radius 2 is 0.903 bits per heavy atom. The van der Waals surface area contributed by atoms with Crippen LogP contribution in [0.25, 0.3) is 88.7 Å². The second kappa shape index (κ2) is 38.9. The van der Waals surface area contributed by atoms with E-state index < -0.39 is 0 Å². The maximum Gasteiger partial charge on any atom is 1.00 e. The molecule has 19 heteroatoms. The van der Waals surface area contributed by atoms with Crippen molar-refractivity contribution in [3.63, 3.8) is 0 Å². The van der Waals surface area contributed by atoms with Gasteiger partial charge in [-0.3, -0.25) is 0 Å². The van der Waals surface area contributed by atoms with Gasteiger partial charge in [-0.15, -0.1) is 17.2 Å². The summed E-state index contributed by atoms with van der Waals surface area (Å²) in [6, 6.07) is 70.6. The molecule has 0 aliphatic rings. The van der Waals surface area contributed by atoms with Gasteiger partial charge >= 0.3 is 113 Å². The number of imidazole rings is 1. The number of H-pyrrole nitrogens is 4. The van der Waals surface area contributed by atoms with Crippen molar-refractivity contribution in [1.29, 1.82) is 0 Å².